The lowest BCUT2D eigenvalue weighted by Gasteiger charge is -2.13. The summed E-state index contributed by atoms with van der Waals surface area (Å²) in [6, 6.07) is 8.30. The average molecular weight is 388 g/mol. The van der Waals surface area contributed by atoms with Gasteiger partial charge in [-0.15, -0.1) is 0 Å². The van der Waals surface area contributed by atoms with Gasteiger partial charge in [0.15, 0.2) is 11.5 Å². The molecule has 0 spiro atoms. The largest absolute Gasteiger partial charge is 0.493 e. The number of rotatable bonds is 6. The molecular formula is C17H13Cl3O4. The first-order valence-corrected chi connectivity index (χ1v) is 7.90. The Morgan fingerprint density at radius 1 is 1.12 bits per heavy atom. The Labute approximate surface area is 154 Å². The van der Waals surface area contributed by atoms with E-state index in [1.165, 1.54) is 13.2 Å². The molecule has 2 rings (SSSR count). The zero-order valence-corrected chi connectivity index (χ0v) is 14.8. The van der Waals surface area contributed by atoms with Crippen molar-refractivity contribution in [3.8, 4) is 11.5 Å². The van der Waals surface area contributed by atoms with E-state index in [0.717, 1.165) is 6.08 Å². The summed E-state index contributed by atoms with van der Waals surface area (Å²) in [6.07, 6.45) is 2.50. The van der Waals surface area contributed by atoms with Crippen LogP contribution in [0.25, 0.3) is 6.08 Å². The third-order valence-corrected chi connectivity index (χ3v) is 4.31. The minimum Gasteiger partial charge on any atom is -0.493 e. The number of benzene rings is 2. The molecule has 0 unspecified atom stereocenters. The lowest BCUT2D eigenvalue weighted by molar-refractivity contribution is -0.131. The number of ether oxygens (including phenoxy) is 2. The van der Waals surface area contributed by atoms with E-state index in [4.69, 9.17) is 49.4 Å². The number of hydrogen-bond acceptors (Lipinski definition) is 3. The molecule has 24 heavy (non-hydrogen) atoms. The van der Waals surface area contributed by atoms with Gasteiger partial charge in [-0.3, -0.25) is 0 Å². The number of carboxylic acid groups (broad SMARTS) is 1. The summed E-state index contributed by atoms with van der Waals surface area (Å²) in [5.41, 5.74) is 1.24. The van der Waals surface area contributed by atoms with Gasteiger partial charge in [0, 0.05) is 16.7 Å². The minimum atomic E-state index is -1.03. The molecule has 126 valence electrons. The molecule has 1 N–H and O–H groups in total. The highest BCUT2D eigenvalue weighted by atomic mass is 35.5. The Bertz CT molecular complexity index is 788. The topological polar surface area (TPSA) is 55.8 Å². The van der Waals surface area contributed by atoms with Crippen molar-refractivity contribution < 1.29 is 19.4 Å². The molecule has 0 radical (unpaired) electrons. The Balaban J connectivity index is 2.21. The van der Waals surface area contributed by atoms with Gasteiger partial charge < -0.3 is 14.6 Å². The second kappa shape index (κ2) is 8.29. The van der Waals surface area contributed by atoms with E-state index >= 15 is 0 Å². The third-order valence-electron chi connectivity index (χ3n) is 3.12. The molecule has 0 saturated heterocycles. The summed E-state index contributed by atoms with van der Waals surface area (Å²) >= 11 is 18.2. The number of halogens is 3. The monoisotopic (exact) mass is 386 g/mol. The van der Waals surface area contributed by atoms with Gasteiger partial charge in [0.2, 0.25) is 0 Å². The Morgan fingerprint density at radius 3 is 2.50 bits per heavy atom. The molecule has 0 aromatic heterocycles. The molecule has 2 aromatic carbocycles. The van der Waals surface area contributed by atoms with Gasteiger partial charge in [0.1, 0.15) is 6.61 Å². The number of aliphatic carboxylic acids is 1. The highest BCUT2D eigenvalue weighted by Crippen LogP contribution is 2.34. The van der Waals surface area contributed by atoms with Crippen LogP contribution in [0.1, 0.15) is 11.1 Å². The fraction of sp³-hybridized carbons (Fsp3) is 0.118. The van der Waals surface area contributed by atoms with Crippen molar-refractivity contribution in [2.45, 2.75) is 6.61 Å². The highest BCUT2D eigenvalue weighted by molar-refractivity contribution is 6.44. The minimum absolute atomic E-state index is 0.110. The Morgan fingerprint density at radius 2 is 1.83 bits per heavy atom. The van der Waals surface area contributed by atoms with Crippen molar-refractivity contribution in [2.24, 2.45) is 0 Å². The molecule has 0 aliphatic rings. The van der Waals surface area contributed by atoms with Gasteiger partial charge in [-0.25, -0.2) is 4.79 Å². The standard InChI is InChI=1S/C17H13Cl3O4/c1-23-15-8-10(3-7-16(21)22)2-6-14(15)24-9-11-12(18)4-5-13(19)17(11)20/h2-8H,9H2,1H3,(H,21,22). The molecule has 0 amide bonds. The molecule has 4 nitrogen and oxygen atoms in total. The predicted molar refractivity (Wildman–Crippen MR) is 95.5 cm³/mol. The van der Waals surface area contributed by atoms with Crippen LogP contribution in [0.4, 0.5) is 0 Å². The number of carbonyl (C=O) groups is 1. The van der Waals surface area contributed by atoms with Crippen LogP contribution in [0.2, 0.25) is 15.1 Å². The zero-order valence-electron chi connectivity index (χ0n) is 12.6. The number of carboxylic acids is 1. The predicted octanol–water partition coefficient (Wildman–Crippen LogP) is 5.33. The van der Waals surface area contributed by atoms with Crippen LogP contribution in [-0.4, -0.2) is 18.2 Å². The van der Waals surface area contributed by atoms with E-state index in [1.807, 2.05) is 0 Å². The van der Waals surface area contributed by atoms with Gasteiger partial charge in [0.25, 0.3) is 0 Å². The maximum atomic E-state index is 10.6. The number of hydrogen-bond donors (Lipinski definition) is 1. The van der Waals surface area contributed by atoms with Crippen LogP contribution in [0, 0.1) is 0 Å². The van der Waals surface area contributed by atoms with Crippen LogP contribution < -0.4 is 9.47 Å². The van der Waals surface area contributed by atoms with E-state index in [2.05, 4.69) is 0 Å². The Hall–Kier alpha value is -1.88. The van der Waals surface area contributed by atoms with Crippen molar-refractivity contribution in [2.75, 3.05) is 7.11 Å². The van der Waals surface area contributed by atoms with Crippen LogP contribution in [-0.2, 0) is 11.4 Å². The van der Waals surface area contributed by atoms with Crippen LogP contribution in [0.15, 0.2) is 36.4 Å². The van der Waals surface area contributed by atoms with Crippen molar-refractivity contribution in [1.82, 2.24) is 0 Å². The van der Waals surface area contributed by atoms with Gasteiger partial charge >= 0.3 is 5.97 Å². The molecule has 0 bridgehead atoms. The van der Waals surface area contributed by atoms with E-state index in [-0.39, 0.29) is 6.61 Å². The zero-order chi connectivity index (χ0) is 17.7. The highest BCUT2D eigenvalue weighted by Gasteiger charge is 2.12. The normalized spacial score (nSPS) is 10.8. The second-order valence-electron chi connectivity index (χ2n) is 4.69. The smallest absolute Gasteiger partial charge is 0.328 e. The van der Waals surface area contributed by atoms with E-state index in [1.54, 1.807) is 30.3 Å². The molecule has 7 heteroatoms. The summed E-state index contributed by atoms with van der Waals surface area (Å²) in [7, 11) is 1.49. The first-order valence-electron chi connectivity index (χ1n) is 6.76. The average Bonchev–Trinajstić information content (AvgIpc) is 2.56. The SMILES string of the molecule is COc1cc(C=CC(=O)O)ccc1OCc1c(Cl)ccc(Cl)c1Cl. The van der Waals surface area contributed by atoms with E-state index in [9.17, 15) is 4.79 Å². The van der Waals surface area contributed by atoms with Crippen molar-refractivity contribution in [3.05, 3.63) is 62.6 Å². The summed E-state index contributed by atoms with van der Waals surface area (Å²) in [5.74, 6) is -0.103. The first-order chi connectivity index (χ1) is 11.4. The maximum absolute atomic E-state index is 10.6. The van der Waals surface area contributed by atoms with Gasteiger partial charge in [-0.2, -0.15) is 0 Å². The molecule has 0 aliphatic carbocycles. The van der Waals surface area contributed by atoms with Crippen molar-refractivity contribution >= 4 is 46.8 Å². The molecule has 0 heterocycles. The second-order valence-corrected chi connectivity index (χ2v) is 5.88. The van der Waals surface area contributed by atoms with Crippen LogP contribution in [0.5, 0.6) is 11.5 Å². The van der Waals surface area contributed by atoms with E-state index < -0.39 is 5.97 Å². The lowest BCUT2D eigenvalue weighted by Crippen LogP contribution is -2.00. The molecular weight excluding hydrogens is 375 g/mol. The van der Waals surface area contributed by atoms with E-state index in [0.29, 0.717) is 37.7 Å². The van der Waals surface area contributed by atoms with Crippen molar-refractivity contribution in [1.29, 1.82) is 0 Å². The lowest BCUT2D eigenvalue weighted by atomic mass is 10.2. The molecule has 0 fully saturated rings. The molecule has 0 aliphatic heterocycles. The third kappa shape index (κ3) is 4.57. The van der Waals surface area contributed by atoms with Gasteiger partial charge in [-0.1, -0.05) is 40.9 Å². The molecule has 2 aromatic rings. The number of methoxy groups -OCH3 is 1. The van der Waals surface area contributed by atoms with Crippen LogP contribution in [0.3, 0.4) is 0 Å². The fourth-order valence-corrected chi connectivity index (χ4v) is 2.58. The van der Waals surface area contributed by atoms with Gasteiger partial charge in [0.05, 0.1) is 17.2 Å². The van der Waals surface area contributed by atoms with Crippen LogP contribution >= 0.6 is 34.8 Å². The fourth-order valence-electron chi connectivity index (χ4n) is 1.93. The summed E-state index contributed by atoms with van der Waals surface area (Å²) in [6.45, 7) is 0.110. The van der Waals surface area contributed by atoms with Gasteiger partial charge in [-0.05, 0) is 35.9 Å². The first kappa shape index (κ1) is 18.5. The van der Waals surface area contributed by atoms with Crippen molar-refractivity contribution in [3.63, 3.8) is 0 Å². The molecule has 0 atom stereocenters. The quantitative estimate of drug-likeness (QED) is 0.537. The maximum Gasteiger partial charge on any atom is 0.328 e. The summed E-state index contributed by atoms with van der Waals surface area (Å²) in [5, 5.41) is 9.84. The summed E-state index contributed by atoms with van der Waals surface area (Å²) in [4.78, 5) is 10.6. The Kier molecular flexibility index (Phi) is 6.37. The molecule has 0 saturated carbocycles. The summed E-state index contributed by atoms with van der Waals surface area (Å²) < 4.78 is 11.0.